The number of imidazole rings is 2. The zero-order valence-electron chi connectivity index (χ0n) is 18.5. The number of nitrogens with one attached hydrogen (secondary N) is 1. The van der Waals surface area contributed by atoms with Gasteiger partial charge >= 0.3 is 0 Å². The first kappa shape index (κ1) is 21.4. The van der Waals surface area contributed by atoms with E-state index in [1.54, 1.807) is 37.6 Å². The van der Waals surface area contributed by atoms with Gasteiger partial charge in [-0.3, -0.25) is 4.79 Å². The molecule has 32 heavy (non-hydrogen) atoms. The van der Waals surface area contributed by atoms with Gasteiger partial charge in [-0.25, -0.2) is 9.97 Å². The van der Waals surface area contributed by atoms with E-state index in [2.05, 4.69) is 26.4 Å². The van der Waals surface area contributed by atoms with Gasteiger partial charge in [-0.05, 0) is 55.8 Å². The van der Waals surface area contributed by atoms with Crippen LogP contribution in [0.25, 0.3) is 11.0 Å². The molecule has 0 aliphatic rings. The maximum atomic E-state index is 12.4. The van der Waals surface area contributed by atoms with Crippen molar-refractivity contribution < 1.29 is 14.3 Å². The first-order valence-electron chi connectivity index (χ1n) is 10.6. The van der Waals surface area contributed by atoms with Crippen LogP contribution in [0.5, 0.6) is 11.5 Å². The van der Waals surface area contributed by atoms with E-state index in [0.717, 1.165) is 41.4 Å². The minimum absolute atomic E-state index is 0.0835. The van der Waals surface area contributed by atoms with Crippen LogP contribution < -0.4 is 14.8 Å². The van der Waals surface area contributed by atoms with Gasteiger partial charge in [-0.1, -0.05) is 6.92 Å². The molecule has 0 spiro atoms. The SMILES string of the molecule is CCCn1c(Cn2ccnc2C)nc2cc(NC(=O)COc3ccc(OC)cc3)ccc21. The Morgan fingerprint density at radius 1 is 1.12 bits per heavy atom. The number of nitrogens with zero attached hydrogens (tertiary/aromatic N) is 4. The average Bonchev–Trinajstić information content (AvgIpc) is 3.36. The number of benzene rings is 2. The van der Waals surface area contributed by atoms with Crippen molar-refractivity contribution in [1.29, 1.82) is 0 Å². The van der Waals surface area contributed by atoms with Gasteiger partial charge in [0.15, 0.2) is 6.61 Å². The van der Waals surface area contributed by atoms with Crippen molar-refractivity contribution in [3.63, 3.8) is 0 Å². The molecule has 0 atom stereocenters. The molecule has 2 heterocycles. The van der Waals surface area contributed by atoms with Gasteiger partial charge in [0.25, 0.3) is 5.91 Å². The van der Waals surface area contributed by atoms with Crippen LogP contribution in [0.15, 0.2) is 54.9 Å². The van der Waals surface area contributed by atoms with Gasteiger partial charge in [0, 0.05) is 24.6 Å². The van der Waals surface area contributed by atoms with Crippen LogP contribution in [0.3, 0.4) is 0 Å². The van der Waals surface area contributed by atoms with Crippen LogP contribution in [0, 0.1) is 6.92 Å². The number of anilines is 1. The number of carbonyl (C=O) groups is 1. The molecule has 0 bridgehead atoms. The first-order chi connectivity index (χ1) is 15.6. The number of carbonyl (C=O) groups excluding carboxylic acids is 1. The maximum Gasteiger partial charge on any atom is 0.262 e. The highest BCUT2D eigenvalue weighted by atomic mass is 16.5. The Kier molecular flexibility index (Phi) is 6.39. The first-order valence-corrected chi connectivity index (χ1v) is 10.6. The molecule has 1 amide bonds. The molecule has 0 fully saturated rings. The van der Waals surface area contributed by atoms with Crippen molar-refractivity contribution in [3.05, 3.63) is 66.5 Å². The minimum Gasteiger partial charge on any atom is -0.497 e. The number of hydrogen-bond donors (Lipinski definition) is 1. The summed E-state index contributed by atoms with van der Waals surface area (Å²) in [6, 6.07) is 12.9. The molecule has 0 aliphatic carbocycles. The van der Waals surface area contributed by atoms with E-state index in [-0.39, 0.29) is 12.5 Å². The molecule has 4 aromatic rings. The largest absolute Gasteiger partial charge is 0.497 e. The number of fused-ring (bicyclic) bond motifs is 1. The van der Waals surface area contributed by atoms with Crippen molar-refractivity contribution >= 4 is 22.6 Å². The third-order valence-corrected chi connectivity index (χ3v) is 5.22. The number of amides is 1. The number of rotatable bonds is 9. The summed E-state index contributed by atoms with van der Waals surface area (Å²) in [6.45, 7) is 5.57. The molecule has 2 aromatic heterocycles. The van der Waals surface area contributed by atoms with Crippen molar-refractivity contribution in [2.24, 2.45) is 0 Å². The monoisotopic (exact) mass is 433 g/mol. The molecule has 4 rings (SSSR count). The van der Waals surface area contributed by atoms with Gasteiger partial charge in [0.1, 0.15) is 23.1 Å². The second-order valence-electron chi connectivity index (χ2n) is 7.50. The fourth-order valence-corrected chi connectivity index (χ4v) is 3.59. The quantitative estimate of drug-likeness (QED) is 0.431. The predicted octanol–water partition coefficient (Wildman–Crippen LogP) is 4.03. The average molecular weight is 434 g/mol. The minimum atomic E-state index is -0.234. The normalized spacial score (nSPS) is 11.0. The van der Waals surface area contributed by atoms with E-state index in [4.69, 9.17) is 14.5 Å². The molecule has 0 radical (unpaired) electrons. The van der Waals surface area contributed by atoms with Gasteiger partial charge in [0.05, 0.1) is 24.7 Å². The van der Waals surface area contributed by atoms with Crippen LogP contribution in [0.1, 0.15) is 25.0 Å². The Morgan fingerprint density at radius 2 is 1.91 bits per heavy atom. The second-order valence-corrected chi connectivity index (χ2v) is 7.50. The molecule has 0 unspecified atom stereocenters. The molecule has 8 heteroatoms. The molecular weight excluding hydrogens is 406 g/mol. The van der Waals surface area contributed by atoms with Crippen molar-refractivity contribution in [1.82, 2.24) is 19.1 Å². The van der Waals surface area contributed by atoms with Gasteiger partial charge in [-0.2, -0.15) is 0 Å². The van der Waals surface area contributed by atoms with E-state index < -0.39 is 0 Å². The van der Waals surface area contributed by atoms with E-state index in [1.165, 1.54) is 0 Å². The van der Waals surface area contributed by atoms with Crippen molar-refractivity contribution in [2.45, 2.75) is 33.4 Å². The summed E-state index contributed by atoms with van der Waals surface area (Å²) in [6.07, 6.45) is 4.76. The summed E-state index contributed by atoms with van der Waals surface area (Å²) >= 11 is 0. The van der Waals surface area contributed by atoms with Crippen LogP contribution >= 0.6 is 0 Å². The van der Waals surface area contributed by atoms with Crippen molar-refractivity contribution in [2.75, 3.05) is 19.0 Å². The Hall–Kier alpha value is -3.81. The number of aromatic nitrogens is 4. The van der Waals surface area contributed by atoms with Gasteiger partial charge in [-0.15, -0.1) is 0 Å². The lowest BCUT2D eigenvalue weighted by Crippen LogP contribution is -2.20. The molecule has 166 valence electrons. The summed E-state index contributed by atoms with van der Waals surface area (Å²) in [5.74, 6) is 3.02. The summed E-state index contributed by atoms with van der Waals surface area (Å²) in [5.41, 5.74) is 2.58. The summed E-state index contributed by atoms with van der Waals surface area (Å²) < 4.78 is 15.0. The van der Waals surface area contributed by atoms with Crippen LogP contribution in [0.2, 0.25) is 0 Å². The van der Waals surface area contributed by atoms with E-state index in [9.17, 15) is 4.79 Å². The third-order valence-electron chi connectivity index (χ3n) is 5.22. The lowest BCUT2D eigenvalue weighted by Gasteiger charge is -2.10. The van der Waals surface area contributed by atoms with Crippen LogP contribution in [-0.4, -0.2) is 38.7 Å². The summed E-state index contributed by atoms with van der Waals surface area (Å²) in [7, 11) is 1.60. The third kappa shape index (κ3) is 4.74. The number of hydrogen-bond acceptors (Lipinski definition) is 5. The molecule has 1 N–H and O–H groups in total. The second kappa shape index (κ2) is 9.55. The zero-order chi connectivity index (χ0) is 22.5. The fourth-order valence-electron chi connectivity index (χ4n) is 3.59. The van der Waals surface area contributed by atoms with E-state index in [1.807, 2.05) is 31.3 Å². The highest BCUT2D eigenvalue weighted by Gasteiger charge is 2.13. The van der Waals surface area contributed by atoms with Gasteiger partial charge < -0.3 is 23.9 Å². The highest BCUT2D eigenvalue weighted by Crippen LogP contribution is 2.22. The molecular formula is C24H27N5O3. The van der Waals surface area contributed by atoms with E-state index >= 15 is 0 Å². The topological polar surface area (TPSA) is 83.2 Å². The Labute approximate surface area is 186 Å². The number of methoxy groups -OCH3 is 1. The summed E-state index contributed by atoms with van der Waals surface area (Å²) in [4.78, 5) is 21.5. The van der Waals surface area contributed by atoms with E-state index in [0.29, 0.717) is 18.0 Å². The predicted molar refractivity (Wildman–Crippen MR) is 123 cm³/mol. The molecule has 0 saturated carbocycles. The Balaban J connectivity index is 1.47. The van der Waals surface area contributed by atoms with Crippen LogP contribution in [0.4, 0.5) is 5.69 Å². The fraction of sp³-hybridized carbons (Fsp3) is 0.292. The zero-order valence-corrected chi connectivity index (χ0v) is 18.5. The molecule has 2 aromatic carbocycles. The van der Waals surface area contributed by atoms with Crippen LogP contribution in [-0.2, 0) is 17.9 Å². The lowest BCUT2D eigenvalue weighted by atomic mass is 10.2. The maximum absolute atomic E-state index is 12.4. The molecule has 8 nitrogen and oxygen atoms in total. The Morgan fingerprint density at radius 3 is 2.59 bits per heavy atom. The molecule has 0 saturated heterocycles. The number of ether oxygens (including phenoxy) is 2. The standard InChI is InChI=1S/C24H27N5O3/c1-4-12-29-22-10-5-18(14-21(22)27-23(29)15-28-13-11-25-17(28)2)26-24(30)16-32-20-8-6-19(31-3)7-9-20/h5-11,13-14H,4,12,15-16H2,1-3H3,(H,26,30). The highest BCUT2D eigenvalue weighted by molar-refractivity contribution is 5.94. The van der Waals surface area contributed by atoms with Crippen molar-refractivity contribution in [3.8, 4) is 11.5 Å². The Bertz CT molecular complexity index is 1210. The lowest BCUT2D eigenvalue weighted by molar-refractivity contribution is -0.118. The molecule has 0 aliphatic heterocycles. The van der Waals surface area contributed by atoms with Gasteiger partial charge in [0.2, 0.25) is 0 Å². The number of aryl methyl sites for hydroxylation is 2. The summed E-state index contributed by atoms with van der Waals surface area (Å²) in [5, 5.41) is 2.89. The smallest absolute Gasteiger partial charge is 0.262 e.